The number of hydrogen-bond acceptors (Lipinski definition) is 2. The fraction of sp³-hybridized carbons (Fsp3) is 0.0714. The minimum atomic E-state index is 0.941. The highest BCUT2D eigenvalue weighted by molar-refractivity contribution is 7.98. The summed E-state index contributed by atoms with van der Waals surface area (Å²) in [7, 11) is 0. The van der Waals surface area contributed by atoms with Crippen LogP contribution in [0.1, 0.15) is 11.1 Å². The predicted molar refractivity (Wildman–Crippen MR) is 68.4 cm³/mol. The third-order valence-electron chi connectivity index (χ3n) is 2.10. The van der Waals surface area contributed by atoms with Gasteiger partial charge < -0.3 is 0 Å². The van der Waals surface area contributed by atoms with Crippen LogP contribution in [0.25, 0.3) is 0 Å². The molecule has 78 valence electrons. The number of pyridine rings is 1. The average molecular weight is 225 g/mol. The van der Waals surface area contributed by atoms with Crippen molar-refractivity contribution in [3.05, 3.63) is 59.9 Å². The summed E-state index contributed by atoms with van der Waals surface area (Å²) < 4.78 is 0. The molecule has 1 heterocycles. The van der Waals surface area contributed by atoms with E-state index in [0.717, 1.165) is 11.1 Å². The van der Waals surface area contributed by atoms with Crippen molar-refractivity contribution in [1.82, 2.24) is 4.98 Å². The summed E-state index contributed by atoms with van der Waals surface area (Å²) in [4.78, 5) is 5.27. The molecule has 0 unspecified atom stereocenters. The van der Waals surface area contributed by atoms with Crippen LogP contribution in [0.2, 0.25) is 0 Å². The maximum Gasteiger partial charge on any atom is 0.0432 e. The molecule has 0 bridgehead atoms. The number of rotatable bonds is 1. The number of thioether (sulfide) groups is 1. The first kappa shape index (κ1) is 10.8. The molecule has 1 nitrogen and oxygen atoms in total. The largest absolute Gasteiger partial charge is 0.263 e. The Bertz CT molecular complexity index is 506. The van der Waals surface area contributed by atoms with Gasteiger partial charge in [-0.3, -0.25) is 4.98 Å². The van der Waals surface area contributed by atoms with Gasteiger partial charge >= 0.3 is 0 Å². The fourth-order valence-electron chi connectivity index (χ4n) is 1.26. The highest BCUT2D eigenvalue weighted by Gasteiger charge is 1.89. The molecule has 0 atom stereocenters. The van der Waals surface area contributed by atoms with Crippen LogP contribution >= 0.6 is 11.8 Å². The normalized spacial score (nSPS) is 9.31. The first-order chi connectivity index (χ1) is 7.88. The number of nitrogens with zero attached hydrogens (tertiary/aromatic N) is 1. The first-order valence-corrected chi connectivity index (χ1v) is 6.17. The van der Waals surface area contributed by atoms with Crippen molar-refractivity contribution in [2.24, 2.45) is 0 Å². The molecule has 0 saturated carbocycles. The van der Waals surface area contributed by atoms with Gasteiger partial charge in [0.05, 0.1) is 0 Å². The van der Waals surface area contributed by atoms with Crippen LogP contribution in [0.3, 0.4) is 0 Å². The van der Waals surface area contributed by atoms with Gasteiger partial charge in [0.1, 0.15) is 0 Å². The Hall–Kier alpha value is -1.72. The van der Waals surface area contributed by atoms with Gasteiger partial charge in [0.15, 0.2) is 0 Å². The van der Waals surface area contributed by atoms with Crippen molar-refractivity contribution in [3.8, 4) is 11.8 Å². The molecule has 0 N–H and O–H groups in total. The van der Waals surface area contributed by atoms with E-state index in [1.165, 1.54) is 4.90 Å². The molecule has 0 aliphatic rings. The molecular weight excluding hydrogens is 214 g/mol. The van der Waals surface area contributed by atoms with E-state index < -0.39 is 0 Å². The van der Waals surface area contributed by atoms with Gasteiger partial charge in [-0.05, 0) is 42.7 Å². The summed E-state index contributed by atoms with van der Waals surface area (Å²) in [5.74, 6) is 6.19. The summed E-state index contributed by atoms with van der Waals surface area (Å²) in [6.45, 7) is 0. The predicted octanol–water partition coefficient (Wildman–Crippen LogP) is 3.20. The maximum absolute atomic E-state index is 4.02. The quantitative estimate of drug-likeness (QED) is 0.546. The minimum absolute atomic E-state index is 0.941. The summed E-state index contributed by atoms with van der Waals surface area (Å²) in [6, 6.07) is 12.1. The van der Waals surface area contributed by atoms with E-state index in [2.05, 4.69) is 35.2 Å². The number of hydrogen-bond donors (Lipinski definition) is 0. The van der Waals surface area contributed by atoms with Crippen molar-refractivity contribution in [2.45, 2.75) is 4.90 Å². The highest BCUT2D eigenvalue weighted by Crippen LogP contribution is 2.14. The van der Waals surface area contributed by atoms with Gasteiger partial charge in [0, 0.05) is 28.4 Å². The molecule has 1 aromatic carbocycles. The molecule has 2 rings (SSSR count). The molecule has 0 aliphatic heterocycles. The second-order valence-corrected chi connectivity index (χ2v) is 4.10. The van der Waals surface area contributed by atoms with E-state index >= 15 is 0 Å². The SMILES string of the molecule is CSc1ccc(C#Cc2cccnc2)cc1. The average Bonchev–Trinajstić information content (AvgIpc) is 2.38. The second-order valence-electron chi connectivity index (χ2n) is 3.22. The Labute approximate surface area is 99.9 Å². The van der Waals surface area contributed by atoms with Gasteiger partial charge in [-0.25, -0.2) is 0 Å². The fourth-order valence-corrected chi connectivity index (χ4v) is 1.66. The van der Waals surface area contributed by atoms with Gasteiger partial charge in [-0.1, -0.05) is 11.8 Å². The Morgan fingerprint density at radius 1 is 1.00 bits per heavy atom. The Morgan fingerprint density at radius 3 is 2.38 bits per heavy atom. The zero-order valence-corrected chi connectivity index (χ0v) is 9.79. The highest BCUT2D eigenvalue weighted by atomic mass is 32.2. The lowest BCUT2D eigenvalue weighted by Gasteiger charge is -1.94. The Morgan fingerprint density at radius 2 is 1.75 bits per heavy atom. The Balaban J connectivity index is 2.18. The summed E-state index contributed by atoms with van der Waals surface area (Å²) in [6.07, 6.45) is 5.58. The van der Waals surface area contributed by atoms with Crippen molar-refractivity contribution in [2.75, 3.05) is 6.26 Å². The third kappa shape index (κ3) is 2.88. The topological polar surface area (TPSA) is 12.9 Å². The number of benzene rings is 1. The molecular formula is C14H11NS. The third-order valence-corrected chi connectivity index (χ3v) is 2.85. The lowest BCUT2D eigenvalue weighted by molar-refractivity contribution is 1.31. The van der Waals surface area contributed by atoms with E-state index in [0.29, 0.717) is 0 Å². The van der Waals surface area contributed by atoms with E-state index in [9.17, 15) is 0 Å². The van der Waals surface area contributed by atoms with Crippen molar-refractivity contribution in [1.29, 1.82) is 0 Å². The zero-order chi connectivity index (χ0) is 11.2. The lowest BCUT2D eigenvalue weighted by atomic mass is 10.2. The molecule has 0 spiro atoms. The van der Waals surface area contributed by atoms with Gasteiger partial charge in [-0.2, -0.15) is 0 Å². The summed E-state index contributed by atoms with van der Waals surface area (Å²) in [5, 5.41) is 0. The van der Waals surface area contributed by atoms with Crippen LogP contribution in [0.5, 0.6) is 0 Å². The second kappa shape index (κ2) is 5.39. The lowest BCUT2D eigenvalue weighted by Crippen LogP contribution is -1.77. The van der Waals surface area contributed by atoms with Crippen LogP contribution in [-0.4, -0.2) is 11.2 Å². The molecule has 2 aromatic rings. The molecule has 0 aliphatic carbocycles. The van der Waals surface area contributed by atoms with E-state index in [1.54, 1.807) is 24.2 Å². The number of aromatic nitrogens is 1. The molecule has 1 aromatic heterocycles. The first-order valence-electron chi connectivity index (χ1n) is 4.94. The molecule has 0 radical (unpaired) electrons. The van der Waals surface area contributed by atoms with Crippen LogP contribution < -0.4 is 0 Å². The van der Waals surface area contributed by atoms with Gasteiger partial charge in [0.2, 0.25) is 0 Å². The van der Waals surface area contributed by atoms with Gasteiger partial charge in [-0.15, -0.1) is 11.8 Å². The standard InChI is InChI=1S/C14H11NS/c1-16-14-8-6-12(7-9-14)4-5-13-3-2-10-15-11-13/h2-3,6-11H,1H3. The summed E-state index contributed by atoms with van der Waals surface area (Å²) >= 11 is 1.73. The van der Waals surface area contributed by atoms with Crippen LogP contribution in [0, 0.1) is 11.8 Å². The van der Waals surface area contributed by atoms with E-state index in [4.69, 9.17) is 0 Å². The molecule has 0 amide bonds. The van der Waals surface area contributed by atoms with Crippen LogP contribution in [-0.2, 0) is 0 Å². The Kier molecular flexibility index (Phi) is 3.63. The molecule has 2 heteroatoms. The van der Waals surface area contributed by atoms with Gasteiger partial charge in [0.25, 0.3) is 0 Å². The molecule has 0 saturated heterocycles. The monoisotopic (exact) mass is 225 g/mol. The van der Waals surface area contributed by atoms with Crippen LogP contribution in [0.15, 0.2) is 53.7 Å². The maximum atomic E-state index is 4.02. The zero-order valence-electron chi connectivity index (χ0n) is 8.97. The molecule has 16 heavy (non-hydrogen) atoms. The van der Waals surface area contributed by atoms with Crippen LogP contribution in [0.4, 0.5) is 0 Å². The van der Waals surface area contributed by atoms with E-state index in [1.807, 2.05) is 24.3 Å². The smallest absolute Gasteiger partial charge is 0.0432 e. The van der Waals surface area contributed by atoms with Crippen molar-refractivity contribution < 1.29 is 0 Å². The van der Waals surface area contributed by atoms with Crippen molar-refractivity contribution in [3.63, 3.8) is 0 Å². The minimum Gasteiger partial charge on any atom is -0.263 e. The van der Waals surface area contributed by atoms with E-state index in [-0.39, 0.29) is 0 Å². The summed E-state index contributed by atoms with van der Waals surface area (Å²) in [5.41, 5.74) is 1.97. The molecule has 0 fully saturated rings. The van der Waals surface area contributed by atoms with Crippen molar-refractivity contribution >= 4 is 11.8 Å².